The standard InChI is InChI=1S/C15H16N2O2/c1-3-6-10(2)17-14-12-8-5-4-7-11(12)13(9-16-14)15(18)19/h3-5,7-10H,1,6H2,2H3,(H,16,17)(H,18,19). The van der Waals surface area contributed by atoms with Crippen molar-refractivity contribution in [3.05, 3.63) is 48.7 Å². The number of aromatic nitrogens is 1. The van der Waals surface area contributed by atoms with Gasteiger partial charge in [-0.1, -0.05) is 30.3 Å². The number of carboxylic acid groups (broad SMARTS) is 1. The number of hydrogen-bond donors (Lipinski definition) is 2. The summed E-state index contributed by atoms with van der Waals surface area (Å²) in [5.41, 5.74) is 0.220. The van der Waals surface area contributed by atoms with Crippen LogP contribution in [-0.4, -0.2) is 22.1 Å². The number of benzene rings is 1. The van der Waals surface area contributed by atoms with Crippen molar-refractivity contribution in [3.63, 3.8) is 0 Å². The lowest BCUT2D eigenvalue weighted by Crippen LogP contribution is -2.15. The van der Waals surface area contributed by atoms with E-state index in [0.29, 0.717) is 11.2 Å². The number of carbonyl (C=O) groups is 1. The number of hydrogen-bond acceptors (Lipinski definition) is 3. The summed E-state index contributed by atoms with van der Waals surface area (Å²) in [5.74, 6) is -0.260. The van der Waals surface area contributed by atoms with Gasteiger partial charge in [-0.25, -0.2) is 9.78 Å². The van der Waals surface area contributed by atoms with Crippen LogP contribution in [0.25, 0.3) is 10.8 Å². The van der Waals surface area contributed by atoms with E-state index in [4.69, 9.17) is 5.11 Å². The molecule has 0 amide bonds. The van der Waals surface area contributed by atoms with E-state index in [0.717, 1.165) is 11.8 Å². The van der Waals surface area contributed by atoms with Gasteiger partial charge in [-0.3, -0.25) is 0 Å². The third-order valence-electron chi connectivity index (χ3n) is 2.93. The molecular weight excluding hydrogens is 240 g/mol. The molecule has 1 aromatic heterocycles. The molecule has 0 aliphatic carbocycles. The molecule has 2 rings (SSSR count). The summed E-state index contributed by atoms with van der Waals surface area (Å²) >= 11 is 0. The Labute approximate surface area is 111 Å². The minimum absolute atomic E-state index is 0.198. The van der Waals surface area contributed by atoms with E-state index in [1.54, 1.807) is 6.07 Å². The Hall–Kier alpha value is -2.36. The molecule has 2 aromatic rings. The third kappa shape index (κ3) is 2.73. The smallest absolute Gasteiger partial charge is 0.337 e. The van der Waals surface area contributed by atoms with E-state index in [1.165, 1.54) is 6.20 Å². The van der Waals surface area contributed by atoms with Crippen LogP contribution >= 0.6 is 0 Å². The van der Waals surface area contributed by atoms with Gasteiger partial charge >= 0.3 is 5.97 Å². The topological polar surface area (TPSA) is 62.2 Å². The molecular formula is C15H16N2O2. The monoisotopic (exact) mass is 256 g/mol. The zero-order valence-corrected chi connectivity index (χ0v) is 10.8. The highest BCUT2D eigenvalue weighted by Crippen LogP contribution is 2.25. The van der Waals surface area contributed by atoms with Crippen molar-refractivity contribution < 1.29 is 9.90 Å². The molecule has 1 unspecified atom stereocenters. The van der Waals surface area contributed by atoms with Crippen LogP contribution in [0.5, 0.6) is 0 Å². The normalized spacial score (nSPS) is 12.1. The van der Waals surface area contributed by atoms with Gasteiger partial charge in [-0.15, -0.1) is 6.58 Å². The van der Waals surface area contributed by atoms with Gasteiger partial charge in [0.15, 0.2) is 0 Å². The van der Waals surface area contributed by atoms with Gasteiger partial charge in [0.25, 0.3) is 0 Å². The second-order valence-corrected chi connectivity index (χ2v) is 4.44. The molecule has 2 N–H and O–H groups in total. The van der Waals surface area contributed by atoms with E-state index in [9.17, 15) is 4.79 Å². The minimum atomic E-state index is -0.964. The number of carboxylic acids is 1. The molecule has 0 aliphatic heterocycles. The molecule has 4 nitrogen and oxygen atoms in total. The Morgan fingerprint density at radius 1 is 1.47 bits per heavy atom. The average molecular weight is 256 g/mol. The first-order valence-electron chi connectivity index (χ1n) is 6.12. The molecule has 98 valence electrons. The number of pyridine rings is 1. The van der Waals surface area contributed by atoms with Crippen molar-refractivity contribution in [2.24, 2.45) is 0 Å². The van der Waals surface area contributed by atoms with Crippen molar-refractivity contribution in [2.45, 2.75) is 19.4 Å². The fraction of sp³-hybridized carbons (Fsp3) is 0.200. The maximum Gasteiger partial charge on any atom is 0.337 e. The highest BCUT2D eigenvalue weighted by molar-refractivity contribution is 6.06. The Morgan fingerprint density at radius 3 is 2.79 bits per heavy atom. The lowest BCUT2D eigenvalue weighted by Gasteiger charge is -2.15. The number of nitrogens with zero attached hydrogens (tertiary/aromatic N) is 1. The maximum atomic E-state index is 11.2. The predicted molar refractivity (Wildman–Crippen MR) is 76.6 cm³/mol. The lowest BCUT2D eigenvalue weighted by atomic mass is 10.1. The molecule has 0 radical (unpaired) electrons. The predicted octanol–water partition coefficient (Wildman–Crippen LogP) is 3.31. The maximum absolute atomic E-state index is 11.2. The summed E-state index contributed by atoms with van der Waals surface area (Å²) in [7, 11) is 0. The van der Waals surface area contributed by atoms with Gasteiger partial charge in [0, 0.05) is 23.0 Å². The van der Waals surface area contributed by atoms with Crippen molar-refractivity contribution in [2.75, 3.05) is 5.32 Å². The largest absolute Gasteiger partial charge is 0.478 e. The van der Waals surface area contributed by atoms with Gasteiger partial charge in [-0.05, 0) is 13.3 Å². The Kier molecular flexibility index (Phi) is 3.80. The van der Waals surface area contributed by atoms with E-state index in [2.05, 4.69) is 16.9 Å². The van der Waals surface area contributed by atoms with Crippen molar-refractivity contribution >= 4 is 22.6 Å². The van der Waals surface area contributed by atoms with E-state index in [-0.39, 0.29) is 11.6 Å². The highest BCUT2D eigenvalue weighted by atomic mass is 16.4. The van der Waals surface area contributed by atoms with Gasteiger partial charge < -0.3 is 10.4 Å². The van der Waals surface area contributed by atoms with E-state index < -0.39 is 5.97 Å². The van der Waals surface area contributed by atoms with Crippen LogP contribution in [0.2, 0.25) is 0 Å². The van der Waals surface area contributed by atoms with Crippen molar-refractivity contribution in [1.29, 1.82) is 0 Å². The zero-order chi connectivity index (χ0) is 13.8. The number of rotatable bonds is 5. The van der Waals surface area contributed by atoms with Gasteiger partial charge in [0.1, 0.15) is 5.82 Å². The molecule has 0 fully saturated rings. The zero-order valence-electron chi connectivity index (χ0n) is 10.8. The number of fused-ring (bicyclic) bond motifs is 1. The summed E-state index contributed by atoms with van der Waals surface area (Å²) in [6.45, 7) is 5.73. The van der Waals surface area contributed by atoms with Gasteiger partial charge in [0.05, 0.1) is 5.56 Å². The fourth-order valence-electron chi connectivity index (χ4n) is 2.02. The second-order valence-electron chi connectivity index (χ2n) is 4.44. The van der Waals surface area contributed by atoms with Crippen LogP contribution in [0.15, 0.2) is 43.1 Å². The average Bonchev–Trinajstić information content (AvgIpc) is 2.39. The Balaban J connectivity index is 2.49. The van der Waals surface area contributed by atoms with Crippen LogP contribution in [0, 0.1) is 0 Å². The summed E-state index contributed by atoms with van der Waals surface area (Å²) in [4.78, 5) is 15.4. The lowest BCUT2D eigenvalue weighted by molar-refractivity contribution is 0.0698. The minimum Gasteiger partial charge on any atom is -0.478 e. The molecule has 0 spiro atoms. The summed E-state index contributed by atoms with van der Waals surface area (Å²) in [5, 5.41) is 14.0. The molecule has 19 heavy (non-hydrogen) atoms. The van der Waals surface area contributed by atoms with Crippen molar-refractivity contribution in [1.82, 2.24) is 4.98 Å². The second kappa shape index (κ2) is 5.52. The SMILES string of the molecule is C=CCC(C)Nc1ncc(C(=O)O)c2ccccc12. The number of anilines is 1. The van der Waals surface area contributed by atoms with Crippen molar-refractivity contribution in [3.8, 4) is 0 Å². The molecule has 0 aliphatic rings. The highest BCUT2D eigenvalue weighted by Gasteiger charge is 2.12. The van der Waals surface area contributed by atoms with Crippen LogP contribution in [0.3, 0.4) is 0 Å². The molecule has 0 bridgehead atoms. The molecule has 0 saturated heterocycles. The fourth-order valence-corrected chi connectivity index (χ4v) is 2.02. The molecule has 1 heterocycles. The summed E-state index contributed by atoms with van der Waals surface area (Å²) in [6.07, 6.45) is 4.05. The summed E-state index contributed by atoms with van der Waals surface area (Å²) < 4.78 is 0. The number of nitrogens with one attached hydrogen (secondary N) is 1. The Morgan fingerprint density at radius 2 is 2.16 bits per heavy atom. The van der Waals surface area contributed by atoms with Crippen LogP contribution in [0.1, 0.15) is 23.7 Å². The molecule has 1 atom stereocenters. The quantitative estimate of drug-likeness (QED) is 0.806. The van der Waals surface area contributed by atoms with E-state index in [1.807, 2.05) is 31.2 Å². The third-order valence-corrected chi connectivity index (χ3v) is 2.93. The molecule has 0 saturated carbocycles. The molecule has 4 heteroatoms. The first-order chi connectivity index (χ1) is 9.13. The first-order valence-corrected chi connectivity index (χ1v) is 6.12. The van der Waals surface area contributed by atoms with Gasteiger partial charge in [-0.2, -0.15) is 0 Å². The summed E-state index contributed by atoms with van der Waals surface area (Å²) in [6, 6.07) is 7.57. The van der Waals surface area contributed by atoms with Crippen LogP contribution in [0.4, 0.5) is 5.82 Å². The van der Waals surface area contributed by atoms with Crippen LogP contribution < -0.4 is 5.32 Å². The first kappa shape index (κ1) is 13.1. The Bertz CT molecular complexity index is 623. The number of aromatic carboxylic acids is 1. The van der Waals surface area contributed by atoms with Gasteiger partial charge in [0.2, 0.25) is 0 Å². The van der Waals surface area contributed by atoms with Crippen LogP contribution in [-0.2, 0) is 0 Å². The molecule has 1 aromatic carbocycles. The van der Waals surface area contributed by atoms with E-state index >= 15 is 0 Å².